The maximum Gasteiger partial charge on any atom is 0.416 e. The van der Waals surface area contributed by atoms with E-state index in [0.29, 0.717) is 37.7 Å². The van der Waals surface area contributed by atoms with Gasteiger partial charge in [-0.1, -0.05) is 26.0 Å². The second kappa shape index (κ2) is 8.04. The molecule has 4 unspecified atom stereocenters. The lowest BCUT2D eigenvalue weighted by Crippen LogP contribution is -2.68. The Hall–Kier alpha value is -1.80. The Morgan fingerprint density at radius 2 is 2.07 bits per heavy atom. The van der Waals surface area contributed by atoms with Crippen LogP contribution in [0.3, 0.4) is 0 Å². The molecular weight excluding hydrogens is 395 g/mol. The molecule has 1 aromatic rings. The summed E-state index contributed by atoms with van der Waals surface area (Å²) < 4.78 is 51.1. The first-order valence-electron chi connectivity index (χ1n) is 10.7. The maximum absolute atomic E-state index is 13.1. The summed E-state index contributed by atoms with van der Waals surface area (Å²) in [6.07, 6.45) is -3.47. The quantitative estimate of drug-likeness (QED) is 0.590. The molecule has 4 rings (SSSR count). The molecule has 1 saturated carbocycles. The summed E-state index contributed by atoms with van der Waals surface area (Å²) in [4.78, 5) is 6.80. The Morgan fingerprint density at radius 1 is 1.27 bits per heavy atom. The molecule has 2 saturated heterocycles. The number of benzene rings is 1. The smallest absolute Gasteiger partial charge is 0.377 e. The largest absolute Gasteiger partial charge is 0.416 e. The summed E-state index contributed by atoms with van der Waals surface area (Å²) in [5.41, 5.74) is -0.0917. The fraction of sp³-hybridized carbons (Fsp3) is 0.682. The van der Waals surface area contributed by atoms with Crippen molar-refractivity contribution >= 4 is 5.96 Å². The summed E-state index contributed by atoms with van der Waals surface area (Å²) in [6, 6.07) is 5.69. The van der Waals surface area contributed by atoms with Gasteiger partial charge in [-0.05, 0) is 31.0 Å². The molecule has 2 aliphatic heterocycles. The molecule has 1 N–H and O–H groups in total. The number of nitrogens with one attached hydrogen (secondary N) is 1. The van der Waals surface area contributed by atoms with Crippen molar-refractivity contribution in [1.29, 1.82) is 0 Å². The number of ether oxygens (including phenoxy) is 2. The van der Waals surface area contributed by atoms with Crippen molar-refractivity contribution in [2.75, 3.05) is 32.8 Å². The number of nitrogens with zero attached hydrogens (tertiary/aromatic N) is 2. The van der Waals surface area contributed by atoms with Crippen molar-refractivity contribution in [1.82, 2.24) is 10.2 Å². The van der Waals surface area contributed by atoms with Crippen LogP contribution < -0.4 is 5.32 Å². The number of rotatable bonds is 3. The van der Waals surface area contributed by atoms with E-state index in [1.165, 1.54) is 12.1 Å². The average molecular weight is 425 g/mol. The van der Waals surface area contributed by atoms with Crippen LogP contribution >= 0.6 is 0 Å². The molecule has 1 aliphatic carbocycles. The molecule has 5 nitrogen and oxygen atoms in total. The zero-order valence-corrected chi connectivity index (χ0v) is 17.7. The number of alkyl halides is 3. The summed E-state index contributed by atoms with van der Waals surface area (Å²) in [7, 11) is 0. The van der Waals surface area contributed by atoms with Crippen molar-refractivity contribution in [2.24, 2.45) is 16.3 Å². The molecule has 0 spiro atoms. The zero-order valence-electron chi connectivity index (χ0n) is 17.7. The fourth-order valence-electron chi connectivity index (χ4n) is 5.10. The van der Waals surface area contributed by atoms with Crippen LogP contribution in [0.25, 0.3) is 0 Å². The van der Waals surface area contributed by atoms with Gasteiger partial charge in [-0.2, -0.15) is 13.2 Å². The van der Waals surface area contributed by atoms with Crippen LogP contribution in [0, 0.1) is 11.3 Å². The van der Waals surface area contributed by atoms with Crippen LogP contribution in [-0.2, 0) is 15.7 Å². The SMILES string of the molecule is CCN=C(NC1C2CCOC2C1(C)C)N1CCOC(c2cccc(C(F)(F)F)c2)C1. The summed E-state index contributed by atoms with van der Waals surface area (Å²) in [5, 5.41) is 3.65. The number of morpholine rings is 1. The van der Waals surface area contributed by atoms with Crippen LogP contribution in [0.2, 0.25) is 0 Å². The highest BCUT2D eigenvalue weighted by Crippen LogP contribution is 2.52. The normalized spacial score (nSPS) is 31.3. The van der Waals surface area contributed by atoms with Crippen molar-refractivity contribution in [3.8, 4) is 0 Å². The number of fused-ring (bicyclic) bond motifs is 1. The van der Waals surface area contributed by atoms with Gasteiger partial charge in [-0.3, -0.25) is 4.99 Å². The number of aliphatic imine (C=N–C) groups is 1. The first-order chi connectivity index (χ1) is 14.2. The maximum atomic E-state index is 13.1. The van der Waals surface area contributed by atoms with Gasteiger partial charge in [0.25, 0.3) is 0 Å². The second-order valence-electron chi connectivity index (χ2n) is 8.91. The van der Waals surface area contributed by atoms with E-state index in [2.05, 4.69) is 29.1 Å². The van der Waals surface area contributed by atoms with Crippen molar-refractivity contribution < 1.29 is 22.6 Å². The van der Waals surface area contributed by atoms with Gasteiger partial charge in [-0.15, -0.1) is 0 Å². The minimum Gasteiger partial charge on any atom is -0.377 e. The first kappa shape index (κ1) is 21.4. The van der Waals surface area contributed by atoms with Crippen molar-refractivity contribution in [2.45, 2.75) is 51.6 Å². The summed E-state index contributed by atoms with van der Waals surface area (Å²) in [6.45, 7) is 9.40. The van der Waals surface area contributed by atoms with Crippen LogP contribution in [0.15, 0.2) is 29.3 Å². The highest BCUT2D eigenvalue weighted by molar-refractivity contribution is 5.81. The van der Waals surface area contributed by atoms with Gasteiger partial charge in [0.15, 0.2) is 5.96 Å². The second-order valence-corrected chi connectivity index (χ2v) is 8.91. The lowest BCUT2D eigenvalue weighted by molar-refractivity contribution is -0.137. The van der Waals surface area contributed by atoms with Gasteiger partial charge in [0.2, 0.25) is 0 Å². The number of halogens is 3. The predicted molar refractivity (Wildman–Crippen MR) is 108 cm³/mol. The minimum atomic E-state index is -4.36. The topological polar surface area (TPSA) is 46.1 Å². The lowest BCUT2D eigenvalue weighted by atomic mass is 9.57. The molecule has 2 heterocycles. The van der Waals surface area contributed by atoms with Crippen molar-refractivity contribution in [3.05, 3.63) is 35.4 Å². The highest BCUT2D eigenvalue weighted by atomic mass is 19.4. The Balaban J connectivity index is 1.49. The molecule has 0 radical (unpaired) electrons. The van der Waals surface area contributed by atoms with E-state index in [0.717, 1.165) is 25.1 Å². The van der Waals surface area contributed by atoms with Gasteiger partial charge in [0.1, 0.15) is 6.10 Å². The van der Waals surface area contributed by atoms with Crippen LogP contribution in [0.1, 0.15) is 44.4 Å². The van der Waals surface area contributed by atoms with Crippen LogP contribution in [0.5, 0.6) is 0 Å². The Bertz CT molecular complexity index is 796. The third-order valence-electron chi connectivity index (χ3n) is 6.64. The molecule has 1 aromatic carbocycles. The Labute approximate surface area is 175 Å². The van der Waals surface area contributed by atoms with E-state index < -0.39 is 17.8 Å². The third kappa shape index (κ3) is 3.91. The molecule has 8 heteroatoms. The van der Waals surface area contributed by atoms with E-state index in [-0.39, 0.29) is 17.6 Å². The van der Waals surface area contributed by atoms with E-state index in [1.54, 1.807) is 6.07 Å². The van der Waals surface area contributed by atoms with Gasteiger partial charge in [0, 0.05) is 37.1 Å². The van der Waals surface area contributed by atoms with E-state index in [4.69, 9.17) is 9.47 Å². The number of guanidine groups is 1. The van der Waals surface area contributed by atoms with Crippen molar-refractivity contribution in [3.63, 3.8) is 0 Å². The standard InChI is InChI=1S/C22H30F3N3O2/c1-4-26-20(27-18-16-8-10-30-19(16)21(18,2)3)28-9-11-29-17(13-28)14-6-5-7-15(12-14)22(23,24)25/h5-7,12,16-19H,4,8-11,13H2,1-3H3,(H,26,27). The van der Waals surface area contributed by atoms with Crippen LogP contribution in [0.4, 0.5) is 13.2 Å². The molecule has 3 aliphatic rings. The highest BCUT2D eigenvalue weighted by Gasteiger charge is 2.59. The molecule has 0 amide bonds. The molecule has 0 bridgehead atoms. The molecule has 4 atom stereocenters. The molecule has 0 aromatic heterocycles. The minimum absolute atomic E-state index is 0.0163. The van der Waals surface area contributed by atoms with E-state index in [1.807, 2.05) is 6.92 Å². The molecule has 3 fully saturated rings. The Kier molecular flexibility index (Phi) is 5.74. The summed E-state index contributed by atoms with van der Waals surface area (Å²) >= 11 is 0. The van der Waals surface area contributed by atoms with Crippen LogP contribution in [-0.4, -0.2) is 55.9 Å². The first-order valence-corrected chi connectivity index (χ1v) is 10.7. The summed E-state index contributed by atoms with van der Waals surface area (Å²) in [5.74, 6) is 1.28. The zero-order chi connectivity index (χ0) is 21.5. The van der Waals surface area contributed by atoms with Gasteiger partial charge >= 0.3 is 6.18 Å². The predicted octanol–water partition coefficient (Wildman–Crippen LogP) is 3.86. The van der Waals surface area contributed by atoms with E-state index >= 15 is 0 Å². The monoisotopic (exact) mass is 425 g/mol. The van der Waals surface area contributed by atoms with Gasteiger partial charge in [0.05, 0.1) is 24.8 Å². The van der Waals surface area contributed by atoms with Gasteiger partial charge in [-0.25, -0.2) is 0 Å². The fourth-order valence-corrected chi connectivity index (χ4v) is 5.10. The number of hydrogen-bond donors (Lipinski definition) is 1. The molecule has 166 valence electrons. The number of hydrogen-bond acceptors (Lipinski definition) is 3. The van der Waals surface area contributed by atoms with E-state index in [9.17, 15) is 13.2 Å². The molecule has 30 heavy (non-hydrogen) atoms. The van der Waals surface area contributed by atoms with Gasteiger partial charge < -0.3 is 19.7 Å². The Morgan fingerprint density at radius 3 is 2.80 bits per heavy atom. The third-order valence-corrected chi connectivity index (χ3v) is 6.64. The average Bonchev–Trinajstić information content (AvgIpc) is 3.18. The lowest BCUT2D eigenvalue weighted by Gasteiger charge is -2.55. The molecular formula is C22H30F3N3O2.